The summed E-state index contributed by atoms with van der Waals surface area (Å²) in [5, 5.41) is 1.35. The Labute approximate surface area is 114 Å². The minimum absolute atomic E-state index is 0.941. The molecule has 2 aromatic rings. The summed E-state index contributed by atoms with van der Waals surface area (Å²) < 4.78 is 1.41. The first-order valence-electron chi connectivity index (χ1n) is 6.03. The Kier molecular flexibility index (Phi) is 5.79. The van der Waals surface area contributed by atoms with Crippen molar-refractivity contribution in [3.8, 4) is 0 Å². The number of allylic oxidation sites excluding steroid dienone is 2. The van der Waals surface area contributed by atoms with Gasteiger partial charge in [0.05, 0.1) is 0 Å². The number of aryl methyl sites for hydroxylation is 1. The average Bonchev–Trinajstić information content (AvgIpc) is 2.73. The van der Waals surface area contributed by atoms with Gasteiger partial charge < -0.3 is 0 Å². The number of fused-ring (bicyclic) bond motifs is 1. The predicted octanol–water partition coefficient (Wildman–Crippen LogP) is 5.61. The number of benzene rings is 1. The van der Waals surface area contributed by atoms with Gasteiger partial charge in [-0.15, -0.1) is 24.0 Å². The van der Waals surface area contributed by atoms with E-state index in [0.29, 0.717) is 0 Å². The van der Waals surface area contributed by atoms with Gasteiger partial charge in [-0.05, 0) is 35.8 Å². The van der Waals surface area contributed by atoms with Crippen LogP contribution in [0.5, 0.6) is 0 Å². The van der Waals surface area contributed by atoms with Gasteiger partial charge in [-0.25, -0.2) is 0 Å². The molecule has 0 amide bonds. The molecule has 0 atom stereocenters. The molecule has 2 rings (SSSR count). The summed E-state index contributed by atoms with van der Waals surface area (Å²) in [5.74, 6) is 0. The third-order valence-corrected chi connectivity index (χ3v) is 4.01. The highest BCUT2D eigenvalue weighted by molar-refractivity contribution is 7.84. The highest BCUT2D eigenvalue weighted by Gasteiger charge is 2.04. The molecule has 0 saturated carbocycles. The molecule has 0 nitrogen and oxygen atoms in total. The van der Waals surface area contributed by atoms with Crippen molar-refractivity contribution in [1.82, 2.24) is 0 Å². The molecule has 1 aromatic heterocycles. The molecule has 92 valence electrons. The molecule has 0 bridgehead atoms. The predicted molar refractivity (Wildman–Crippen MR) is 84.4 cm³/mol. The second-order valence-corrected chi connectivity index (χ2v) is 5.48. The van der Waals surface area contributed by atoms with Gasteiger partial charge in [-0.3, -0.25) is 0 Å². The number of rotatable bonds is 2. The fraction of sp³-hybridized carbons (Fsp3) is 0.333. The van der Waals surface area contributed by atoms with Crippen molar-refractivity contribution >= 4 is 34.1 Å². The van der Waals surface area contributed by atoms with Gasteiger partial charge in [-0.2, -0.15) is 0 Å². The zero-order valence-electron chi connectivity index (χ0n) is 10.9. The molecule has 1 aromatic carbocycles. The van der Waals surface area contributed by atoms with Crippen LogP contribution in [-0.4, -0.2) is 0 Å². The molecular formula is C15H20S2. The summed E-state index contributed by atoms with van der Waals surface area (Å²) >= 11 is 6.31. The number of thiol groups is 1. The van der Waals surface area contributed by atoms with Crippen LogP contribution >= 0.6 is 24.0 Å². The van der Waals surface area contributed by atoms with E-state index in [2.05, 4.69) is 49.9 Å². The zero-order valence-corrected chi connectivity index (χ0v) is 12.7. The normalized spacial score (nSPS) is 11.2. The lowest BCUT2D eigenvalue weighted by Crippen LogP contribution is -1.84. The Hall–Kier alpha value is -0.730. The van der Waals surface area contributed by atoms with Gasteiger partial charge in [0.2, 0.25) is 0 Å². The zero-order chi connectivity index (χ0) is 12.8. The van der Waals surface area contributed by atoms with Crippen molar-refractivity contribution in [2.24, 2.45) is 0 Å². The van der Waals surface area contributed by atoms with E-state index in [-0.39, 0.29) is 0 Å². The van der Waals surface area contributed by atoms with E-state index in [1.807, 2.05) is 32.1 Å². The number of hydrogen-bond donors (Lipinski definition) is 1. The maximum absolute atomic E-state index is 4.44. The molecule has 1 heterocycles. The van der Waals surface area contributed by atoms with Crippen molar-refractivity contribution in [2.75, 3.05) is 0 Å². The molecule has 2 heteroatoms. The van der Waals surface area contributed by atoms with Crippen molar-refractivity contribution in [3.63, 3.8) is 0 Å². The highest BCUT2D eigenvalue weighted by atomic mass is 32.1. The fourth-order valence-electron chi connectivity index (χ4n) is 1.69. The largest absolute Gasteiger partial charge is 0.148 e. The van der Waals surface area contributed by atoms with Crippen LogP contribution in [-0.2, 0) is 6.42 Å². The van der Waals surface area contributed by atoms with Crippen molar-refractivity contribution in [2.45, 2.75) is 34.1 Å². The van der Waals surface area contributed by atoms with Gasteiger partial charge >= 0.3 is 0 Å². The maximum atomic E-state index is 4.44. The smallest absolute Gasteiger partial charge is 0.0381 e. The minimum Gasteiger partial charge on any atom is -0.148 e. The summed E-state index contributed by atoms with van der Waals surface area (Å²) in [4.78, 5) is 2.51. The highest BCUT2D eigenvalue weighted by Crippen LogP contribution is 2.29. The average molecular weight is 264 g/mol. The van der Waals surface area contributed by atoms with Crippen LogP contribution in [0.15, 0.2) is 35.2 Å². The van der Waals surface area contributed by atoms with E-state index in [0.717, 1.165) is 11.3 Å². The molecule has 0 aliphatic heterocycles. The molecule has 0 aliphatic carbocycles. The Morgan fingerprint density at radius 1 is 1.35 bits per heavy atom. The van der Waals surface area contributed by atoms with E-state index in [4.69, 9.17) is 0 Å². The third kappa shape index (κ3) is 3.62. The molecule has 0 unspecified atom stereocenters. The molecular weight excluding hydrogens is 244 g/mol. The van der Waals surface area contributed by atoms with Gasteiger partial charge in [0.1, 0.15) is 0 Å². The summed E-state index contributed by atoms with van der Waals surface area (Å²) in [6, 6.07) is 8.74. The topological polar surface area (TPSA) is 0 Å². The minimum atomic E-state index is 0.941. The Bertz CT molecular complexity index is 507. The molecule has 0 radical (unpaired) electrons. The van der Waals surface area contributed by atoms with Gasteiger partial charge in [-0.1, -0.05) is 38.1 Å². The molecule has 0 spiro atoms. The Morgan fingerprint density at radius 3 is 2.71 bits per heavy atom. The first kappa shape index (κ1) is 14.3. The summed E-state index contributed by atoms with van der Waals surface area (Å²) in [7, 11) is 0. The molecule has 0 fully saturated rings. The summed E-state index contributed by atoms with van der Waals surface area (Å²) in [6.45, 7) is 8.19. The molecule has 0 aliphatic rings. The first-order valence-corrected chi connectivity index (χ1v) is 7.29. The van der Waals surface area contributed by atoms with E-state index in [9.17, 15) is 0 Å². The van der Waals surface area contributed by atoms with Gasteiger partial charge in [0, 0.05) is 16.0 Å². The van der Waals surface area contributed by atoms with Gasteiger partial charge in [0.25, 0.3) is 0 Å². The SMILES string of the molecule is C/C=C(\S)Cc1cccc2cc(C)sc12.CC. The Balaban J connectivity index is 0.000000686. The lowest BCUT2D eigenvalue weighted by atomic mass is 10.1. The molecule has 0 saturated heterocycles. The van der Waals surface area contributed by atoms with Crippen molar-refractivity contribution < 1.29 is 0 Å². The standard InChI is InChI=1S/C13H14S2.C2H6/c1-3-12(14)8-11-6-4-5-10-7-9(2)15-13(10)11;1-2/h3-7,14H,8H2,1-2H3;1-2H3/b12-3-;. The van der Waals surface area contributed by atoms with E-state index in [1.165, 1.54) is 20.5 Å². The molecule has 17 heavy (non-hydrogen) atoms. The summed E-state index contributed by atoms with van der Waals surface area (Å²) in [6.07, 6.45) is 3.00. The fourth-order valence-corrected chi connectivity index (χ4v) is 2.88. The monoisotopic (exact) mass is 264 g/mol. The van der Waals surface area contributed by atoms with Crippen LogP contribution in [0.3, 0.4) is 0 Å². The van der Waals surface area contributed by atoms with Gasteiger partial charge in [0.15, 0.2) is 0 Å². The molecule has 0 N–H and O–H groups in total. The second kappa shape index (κ2) is 6.87. The van der Waals surface area contributed by atoms with Crippen molar-refractivity contribution in [3.05, 3.63) is 45.7 Å². The van der Waals surface area contributed by atoms with E-state index in [1.54, 1.807) is 0 Å². The first-order chi connectivity index (χ1) is 8.20. The van der Waals surface area contributed by atoms with Crippen LogP contribution in [0.25, 0.3) is 10.1 Å². The lowest BCUT2D eigenvalue weighted by molar-refractivity contribution is 1.28. The van der Waals surface area contributed by atoms with Crippen LogP contribution in [0.1, 0.15) is 31.2 Å². The van der Waals surface area contributed by atoms with Crippen LogP contribution in [0.2, 0.25) is 0 Å². The number of thiophene rings is 1. The third-order valence-electron chi connectivity index (χ3n) is 2.45. The van der Waals surface area contributed by atoms with E-state index < -0.39 is 0 Å². The second-order valence-electron chi connectivity index (χ2n) is 3.65. The van der Waals surface area contributed by atoms with Crippen LogP contribution in [0, 0.1) is 6.92 Å². The Morgan fingerprint density at radius 2 is 2.06 bits per heavy atom. The van der Waals surface area contributed by atoms with Crippen LogP contribution in [0.4, 0.5) is 0 Å². The maximum Gasteiger partial charge on any atom is 0.0381 e. The van der Waals surface area contributed by atoms with Crippen LogP contribution < -0.4 is 0 Å². The lowest BCUT2D eigenvalue weighted by Gasteiger charge is -2.02. The summed E-state index contributed by atoms with van der Waals surface area (Å²) in [5.41, 5.74) is 1.38. The van der Waals surface area contributed by atoms with E-state index >= 15 is 0 Å². The quantitative estimate of drug-likeness (QED) is 0.669. The van der Waals surface area contributed by atoms with Crippen molar-refractivity contribution in [1.29, 1.82) is 0 Å². The number of hydrogen-bond acceptors (Lipinski definition) is 2.